The van der Waals surface area contributed by atoms with Gasteiger partial charge in [-0.15, -0.1) is 0 Å². The first kappa shape index (κ1) is 12.7. The van der Waals surface area contributed by atoms with E-state index in [1.165, 1.54) is 11.1 Å². The van der Waals surface area contributed by atoms with Crippen molar-refractivity contribution in [3.05, 3.63) is 59.5 Å². The first-order valence-electron chi connectivity index (χ1n) is 7.68. The molecule has 0 saturated carbocycles. The van der Waals surface area contributed by atoms with Gasteiger partial charge < -0.3 is 9.73 Å². The first-order valence-corrected chi connectivity index (χ1v) is 7.68. The van der Waals surface area contributed by atoms with Gasteiger partial charge in [0.15, 0.2) is 0 Å². The van der Waals surface area contributed by atoms with Crippen LogP contribution in [0.5, 0.6) is 0 Å². The zero-order valence-electron chi connectivity index (χ0n) is 12.0. The molecule has 2 atom stereocenters. The molecular formula is C18H19NO2. The molecule has 3 heteroatoms. The number of carbonyl (C=O) groups excluding carboxylic acids is 1. The summed E-state index contributed by atoms with van der Waals surface area (Å²) in [5.41, 5.74) is 2.46. The molecule has 1 N–H and O–H groups in total. The maximum absolute atomic E-state index is 12.1. The van der Waals surface area contributed by atoms with Crippen LogP contribution >= 0.6 is 0 Å². The number of amides is 1. The van der Waals surface area contributed by atoms with Crippen LogP contribution in [-0.4, -0.2) is 11.9 Å². The van der Waals surface area contributed by atoms with Crippen LogP contribution in [0.2, 0.25) is 0 Å². The molecule has 2 heterocycles. The second kappa shape index (κ2) is 4.76. The van der Waals surface area contributed by atoms with Gasteiger partial charge in [0, 0.05) is 29.9 Å². The highest BCUT2D eigenvalue weighted by Gasteiger charge is 2.50. The van der Waals surface area contributed by atoms with Gasteiger partial charge in [0.05, 0.1) is 6.26 Å². The Morgan fingerprint density at radius 1 is 1.24 bits per heavy atom. The number of nitrogens with one attached hydrogen (secondary N) is 1. The van der Waals surface area contributed by atoms with Crippen LogP contribution in [0.4, 0.5) is 0 Å². The van der Waals surface area contributed by atoms with E-state index in [1.54, 1.807) is 6.26 Å². The van der Waals surface area contributed by atoms with Gasteiger partial charge in [-0.3, -0.25) is 4.79 Å². The average Bonchev–Trinajstić information content (AvgIpc) is 3.07. The van der Waals surface area contributed by atoms with Gasteiger partial charge in [0.1, 0.15) is 5.76 Å². The summed E-state index contributed by atoms with van der Waals surface area (Å²) in [6.07, 6.45) is 6.42. The van der Waals surface area contributed by atoms with Crippen molar-refractivity contribution in [2.45, 2.75) is 43.6 Å². The smallest absolute Gasteiger partial charge is 0.221 e. The van der Waals surface area contributed by atoms with E-state index in [2.05, 4.69) is 35.6 Å². The van der Waals surface area contributed by atoms with Crippen molar-refractivity contribution in [1.29, 1.82) is 0 Å². The molecule has 2 aliphatic rings. The minimum atomic E-state index is -0.0759. The van der Waals surface area contributed by atoms with Gasteiger partial charge in [-0.25, -0.2) is 0 Å². The number of benzene rings is 1. The summed E-state index contributed by atoms with van der Waals surface area (Å²) in [6.45, 7) is 0. The van der Waals surface area contributed by atoms with Crippen LogP contribution in [0.1, 0.15) is 36.1 Å². The average molecular weight is 281 g/mol. The second-order valence-electron chi connectivity index (χ2n) is 6.25. The summed E-state index contributed by atoms with van der Waals surface area (Å²) in [5, 5.41) is 3.21. The molecule has 3 nitrogen and oxygen atoms in total. The summed E-state index contributed by atoms with van der Waals surface area (Å²) >= 11 is 0. The molecule has 0 radical (unpaired) electrons. The minimum absolute atomic E-state index is 0.0759. The van der Waals surface area contributed by atoms with E-state index in [0.717, 1.165) is 31.4 Å². The summed E-state index contributed by atoms with van der Waals surface area (Å²) in [6, 6.07) is 12.7. The Hall–Kier alpha value is -2.03. The van der Waals surface area contributed by atoms with Crippen molar-refractivity contribution in [2.24, 2.45) is 0 Å². The monoisotopic (exact) mass is 281 g/mol. The molecule has 0 bridgehead atoms. The number of rotatable bonds is 2. The van der Waals surface area contributed by atoms with E-state index < -0.39 is 0 Å². The number of fused-ring (bicyclic) bond motifs is 2. The maximum Gasteiger partial charge on any atom is 0.221 e. The number of hydrogen-bond acceptors (Lipinski definition) is 2. The van der Waals surface area contributed by atoms with Crippen LogP contribution in [0.25, 0.3) is 0 Å². The predicted molar refractivity (Wildman–Crippen MR) is 80.0 cm³/mol. The fraction of sp³-hybridized carbons (Fsp3) is 0.389. The third-order valence-corrected chi connectivity index (χ3v) is 5.07. The molecule has 1 aromatic heterocycles. The number of furan rings is 1. The molecule has 2 aromatic rings. The number of hydrogen-bond donors (Lipinski definition) is 1. The third-order valence-electron chi connectivity index (χ3n) is 5.07. The molecule has 1 amide bonds. The van der Waals surface area contributed by atoms with Crippen molar-refractivity contribution in [1.82, 2.24) is 5.32 Å². The van der Waals surface area contributed by atoms with Crippen molar-refractivity contribution < 1.29 is 9.21 Å². The fourth-order valence-corrected chi connectivity index (χ4v) is 4.11. The highest BCUT2D eigenvalue weighted by Crippen LogP contribution is 2.46. The third kappa shape index (κ3) is 1.99. The zero-order valence-corrected chi connectivity index (χ0v) is 12.0. The molecule has 1 aliphatic carbocycles. The Labute approximate surface area is 124 Å². The van der Waals surface area contributed by atoms with E-state index >= 15 is 0 Å². The second-order valence-corrected chi connectivity index (χ2v) is 6.25. The normalized spacial score (nSPS) is 27.6. The quantitative estimate of drug-likeness (QED) is 0.919. The predicted octanol–water partition coefficient (Wildman–Crippen LogP) is 2.98. The lowest BCUT2D eigenvalue weighted by Gasteiger charge is -2.37. The van der Waals surface area contributed by atoms with E-state index in [4.69, 9.17) is 4.42 Å². The first-order chi connectivity index (χ1) is 10.3. The van der Waals surface area contributed by atoms with Crippen LogP contribution in [0.3, 0.4) is 0 Å². The van der Waals surface area contributed by atoms with Crippen LogP contribution in [0, 0.1) is 0 Å². The number of aryl methyl sites for hydroxylation is 1. The Morgan fingerprint density at radius 3 is 2.95 bits per heavy atom. The Morgan fingerprint density at radius 2 is 2.10 bits per heavy atom. The zero-order chi connectivity index (χ0) is 14.3. The lowest BCUT2D eigenvalue weighted by molar-refractivity contribution is -0.119. The van der Waals surface area contributed by atoms with Gasteiger partial charge in [-0.05, 0) is 30.9 Å². The molecule has 2 unspecified atom stereocenters. The van der Waals surface area contributed by atoms with E-state index in [1.807, 2.05) is 6.07 Å². The van der Waals surface area contributed by atoms with E-state index in [9.17, 15) is 4.79 Å². The molecule has 1 aromatic carbocycles. The Bertz CT molecular complexity index is 661. The van der Waals surface area contributed by atoms with Crippen LogP contribution in [0.15, 0.2) is 47.1 Å². The molecule has 1 aliphatic heterocycles. The van der Waals surface area contributed by atoms with Gasteiger partial charge in [-0.1, -0.05) is 30.3 Å². The van der Waals surface area contributed by atoms with Crippen LogP contribution < -0.4 is 5.32 Å². The Kier molecular flexibility index (Phi) is 2.88. The van der Waals surface area contributed by atoms with Crippen molar-refractivity contribution >= 4 is 5.91 Å². The summed E-state index contributed by atoms with van der Waals surface area (Å²) < 4.78 is 5.64. The van der Waals surface area contributed by atoms with E-state index in [0.29, 0.717) is 6.42 Å². The number of carbonyl (C=O) groups is 1. The molecular weight excluding hydrogens is 262 g/mol. The van der Waals surface area contributed by atoms with E-state index in [-0.39, 0.29) is 17.4 Å². The highest BCUT2D eigenvalue weighted by atomic mass is 16.3. The van der Waals surface area contributed by atoms with Gasteiger partial charge in [-0.2, -0.15) is 0 Å². The largest absolute Gasteiger partial charge is 0.469 e. The van der Waals surface area contributed by atoms with Crippen molar-refractivity contribution in [3.63, 3.8) is 0 Å². The molecule has 1 fully saturated rings. The lowest BCUT2D eigenvalue weighted by Crippen LogP contribution is -2.44. The molecule has 4 rings (SSSR count). The Balaban J connectivity index is 1.72. The summed E-state index contributed by atoms with van der Waals surface area (Å²) in [7, 11) is 0. The van der Waals surface area contributed by atoms with Gasteiger partial charge in [0.25, 0.3) is 0 Å². The van der Waals surface area contributed by atoms with Crippen LogP contribution in [-0.2, 0) is 23.1 Å². The van der Waals surface area contributed by atoms with Gasteiger partial charge in [0.2, 0.25) is 5.91 Å². The SMILES string of the molecule is O=C1CC2(CCCc3occc32)C(Cc2ccccc2)N1. The minimum Gasteiger partial charge on any atom is -0.469 e. The topological polar surface area (TPSA) is 42.2 Å². The molecule has 1 spiro atoms. The van der Waals surface area contributed by atoms with Gasteiger partial charge >= 0.3 is 0 Å². The molecule has 108 valence electrons. The summed E-state index contributed by atoms with van der Waals surface area (Å²) in [5.74, 6) is 1.25. The maximum atomic E-state index is 12.1. The molecule has 1 saturated heterocycles. The fourth-order valence-electron chi connectivity index (χ4n) is 4.11. The highest BCUT2D eigenvalue weighted by molar-refractivity contribution is 5.82. The lowest BCUT2D eigenvalue weighted by atomic mass is 9.66. The van der Waals surface area contributed by atoms with Crippen molar-refractivity contribution in [2.75, 3.05) is 0 Å². The summed E-state index contributed by atoms with van der Waals surface area (Å²) in [4.78, 5) is 12.1. The van der Waals surface area contributed by atoms with Crippen molar-refractivity contribution in [3.8, 4) is 0 Å². The molecule has 21 heavy (non-hydrogen) atoms. The standard InChI is InChI=1S/C18H19NO2/c20-17-12-18(9-4-7-15-14(18)8-10-21-15)16(19-17)11-13-5-2-1-3-6-13/h1-3,5-6,8,10,16H,4,7,9,11-12H2,(H,19,20).